The van der Waals surface area contributed by atoms with E-state index in [1.54, 1.807) is 0 Å². The molecule has 0 rings (SSSR count). The van der Waals surface area contributed by atoms with Crippen molar-refractivity contribution in [1.29, 1.82) is 0 Å². The molecule has 4 heteroatoms. The van der Waals surface area contributed by atoms with Gasteiger partial charge in [-0.3, -0.25) is 4.99 Å². The van der Waals surface area contributed by atoms with E-state index in [4.69, 9.17) is 0 Å². The average Bonchev–Trinajstić information content (AvgIpc) is 2.43. The van der Waals surface area contributed by atoms with Gasteiger partial charge in [-0.1, -0.05) is 19.9 Å². The zero-order valence-electron chi connectivity index (χ0n) is 13.1. The molecule has 4 nitrogen and oxygen atoms in total. The Bertz CT molecular complexity index is 273. The summed E-state index contributed by atoms with van der Waals surface area (Å²) in [4.78, 5) is 6.79. The Balaban J connectivity index is 4.55. The zero-order chi connectivity index (χ0) is 14.7. The molecule has 0 aliphatic carbocycles. The summed E-state index contributed by atoms with van der Waals surface area (Å²) < 4.78 is 0. The normalized spacial score (nSPS) is 14.9. The van der Waals surface area contributed by atoms with Gasteiger partial charge in [-0.05, 0) is 26.2 Å². The van der Waals surface area contributed by atoms with Crippen LogP contribution in [0.4, 0.5) is 0 Å². The number of nitrogens with one attached hydrogen (secondary N) is 1. The third-order valence-corrected chi connectivity index (χ3v) is 3.44. The standard InChI is InChI=1S/C15H31N3O/c1-6-9-10-11-18(5)14(16-8-3)17-12-15(4,7-2)13-19/h6,19H,1,7-13H2,2-5H3,(H,16,17). The molecule has 2 N–H and O–H groups in total. The van der Waals surface area contributed by atoms with E-state index >= 15 is 0 Å². The molecule has 0 fully saturated rings. The number of guanidine groups is 1. The van der Waals surface area contributed by atoms with Crippen molar-refractivity contribution in [2.45, 2.75) is 40.0 Å². The topological polar surface area (TPSA) is 47.9 Å². The second-order valence-electron chi connectivity index (χ2n) is 5.34. The van der Waals surface area contributed by atoms with Crippen molar-refractivity contribution in [1.82, 2.24) is 10.2 Å². The highest BCUT2D eigenvalue weighted by molar-refractivity contribution is 5.79. The average molecular weight is 269 g/mol. The van der Waals surface area contributed by atoms with E-state index in [1.165, 1.54) is 0 Å². The number of hydrogen-bond donors (Lipinski definition) is 2. The van der Waals surface area contributed by atoms with Crippen LogP contribution >= 0.6 is 0 Å². The summed E-state index contributed by atoms with van der Waals surface area (Å²) in [6.07, 6.45) is 4.97. The molecule has 0 aromatic heterocycles. The molecule has 0 bridgehead atoms. The number of allylic oxidation sites excluding steroid dienone is 1. The summed E-state index contributed by atoms with van der Waals surface area (Å²) >= 11 is 0. The Labute approximate surface area is 118 Å². The lowest BCUT2D eigenvalue weighted by Gasteiger charge is -2.26. The van der Waals surface area contributed by atoms with E-state index in [2.05, 4.69) is 42.6 Å². The SMILES string of the molecule is C=CCCCN(C)C(=NCC(C)(CC)CO)NCC. The lowest BCUT2D eigenvalue weighted by Crippen LogP contribution is -2.40. The van der Waals surface area contributed by atoms with Crippen molar-refractivity contribution < 1.29 is 5.11 Å². The molecule has 0 amide bonds. The van der Waals surface area contributed by atoms with Gasteiger partial charge >= 0.3 is 0 Å². The van der Waals surface area contributed by atoms with Crippen LogP contribution in [0.25, 0.3) is 0 Å². The summed E-state index contributed by atoms with van der Waals surface area (Å²) in [7, 11) is 2.05. The van der Waals surface area contributed by atoms with E-state index in [1.807, 2.05) is 13.1 Å². The van der Waals surface area contributed by atoms with Gasteiger partial charge in [0.25, 0.3) is 0 Å². The molecule has 0 aromatic carbocycles. The highest BCUT2D eigenvalue weighted by atomic mass is 16.3. The minimum Gasteiger partial charge on any atom is -0.396 e. The first-order chi connectivity index (χ1) is 9.02. The minimum atomic E-state index is -0.122. The number of rotatable bonds is 9. The maximum absolute atomic E-state index is 9.43. The van der Waals surface area contributed by atoms with Crippen LogP contribution in [-0.4, -0.2) is 49.3 Å². The lowest BCUT2D eigenvalue weighted by molar-refractivity contribution is 0.145. The Morgan fingerprint density at radius 3 is 2.63 bits per heavy atom. The van der Waals surface area contributed by atoms with Gasteiger partial charge in [-0.2, -0.15) is 0 Å². The van der Waals surface area contributed by atoms with E-state index in [0.717, 1.165) is 38.3 Å². The largest absolute Gasteiger partial charge is 0.396 e. The Morgan fingerprint density at radius 1 is 1.47 bits per heavy atom. The Kier molecular flexibility index (Phi) is 9.31. The zero-order valence-corrected chi connectivity index (χ0v) is 13.1. The van der Waals surface area contributed by atoms with Crippen molar-refractivity contribution in [2.75, 3.05) is 33.3 Å². The Morgan fingerprint density at radius 2 is 2.16 bits per heavy atom. The summed E-state index contributed by atoms with van der Waals surface area (Å²) in [5, 5.41) is 12.7. The lowest BCUT2D eigenvalue weighted by atomic mass is 9.89. The fourth-order valence-electron chi connectivity index (χ4n) is 1.59. The van der Waals surface area contributed by atoms with Crippen molar-refractivity contribution in [2.24, 2.45) is 10.4 Å². The maximum atomic E-state index is 9.43. The number of hydrogen-bond acceptors (Lipinski definition) is 2. The van der Waals surface area contributed by atoms with Gasteiger partial charge in [0.05, 0.1) is 13.2 Å². The summed E-state index contributed by atoms with van der Waals surface area (Å²) in [6.45, 7) is 12.6. The second-order valence-corrected chi connectivity index (χ2v) is 5.34. The first-order valence-corrected chi connectivity index (χ1v) is 7.24. The molecular formula is C15H31N3O. The summed E-state index contributed by atoms with van der Waals surface area (Å²) in [5.41, 5.74) is -0.122. The summed E-state index contributed by atoms with van der Waals surface area (Å²) in [5.74, 6) is 0.916. The second kappa shape index (κ2) is 9.84. The van der Waals surface area contributed by atoms with Gasteiger partial charge in [0, 0.05) is 25.6 Å². The van der Waals surface area contributed by atoms with Gasteiger partial charge in [-0.15, -0.1) is 6.58 Å². The molecule has 1 atom stereocenters. The molecule has 0 aromatic rings. The predicted octanol–water partition coefficient (Wildman–Crippen LogP) is 2.26. The van der Waals surface area contributed by atoms with Crippen molar-refractivity contribution in [3.05, 3.63) is 12.7 Å². The molecule has 112 valence electrons. The van der Waals surface area contributed by atoms with E-state index < -0.39 is 0 Å². The summed E-state index contributed by atoms with van der Waals surface area (Å²) in [6, 6.07) is 0. The fourth-order valence-corrected chi connectivity index (χ4v) is 1.59. The smallest absolute Gasteiger partial charge is 0.193 e. The van der Waals surface area contributed by atoms with Crippen LogP contribution in [0.3, 0.4) is 0 Å². The molecule has 19 heavy (non-hydrogen) atoms. The van der Waals surface area contributed by atoms with Crippen LogP contribution in [0.2, 0.25) is 0 Å². The van der Waals surface area contributed by atoms with Crippen LogP contribution in [0.1, 0.15) is 40.0 Å². The molecule has 0 saturated carbocycles. The van der Waals surface area contributed by atoms with Crippen LogP contribution in [0.5, 0.6) is 0 Å². The third kappa shape index (κ3) is 7.21. The van der Waals surface area contributed by atoms with Gasteiger partial charge in [0.1, 0.15) is 0 Å². The highest BCUT2D eigenvalue weighted by Crippen LogP contribution is 2.20. The van der Waals surface area contributed by atoms with Crippen LogP contribution in [-0.2, 0) is 0 Å². The van der Waals surface area contributed by atoms with Crippen LogP contribution in [0, 0.1) is 5.41 Å². The van der Waals surface area contributed by atoms with Crippen LogP contribution in [0.15, 0.2) is 17.6 Å². The van der Waals surface area contributed by atoms with Crippen molar-refractivity contribution >= 4 is 5.96 Å². The molecular weight excluding hydrogens is 238 g/mol. The fraction of sp³-hybridized carbons (Fsp3) is 0.800. The molecule has 0 spiro atoms. The van der Waals surface area contributed by atoms with Crippen molar-refractivity contribution in [3.8, 4) is 0 Å². The number of aliphatic imine (C=N–C) groups is 1. The molecule has 0 aliphatic rings. The molecule has 0 radical (unpaired) electrons. The van der Waals surface area contributed by atoms with Gasteiger partial charge in [0.15, 0.2) is 5.96 Å². The van der Waals surface area contributed by atoms with E-state index in [0.29, 0.717) is 6.54 Å². The molecule has 0 saturated heterocycles. The maximum Gasteiger partial charge on any atom is 0.193 e. The van der Waals surface area contributed by atoms with Gasteiger partial charge in [0.2, 0.25) is 0 Å². The van der Waals surface area contributed by atoms with Crippen molar-refractivity contribution in [3.63, 3.8) is 0 Å². The third-order valence-electron chi connectivity index (χ3n) is 3.44. The first-order valence-electron chi connectivity index (χ1n) is 7.24. The predicted molar refractivity (Wildman–Crippen MR) is 83.5 cm³/mol. The minimum absolute atomic E-state index is 0.122. The number of aliphatic hydroxyl groups excluding tert-OH is 1. The quantitative estimate of drug-likeness (QED) is 0.292. The number of nitrogens with zero attached hydrogens (tertiary/aromatic N) is 2. The molecule has 0 heterocycles. The monoisotopic (exact) mass is 269 g/mol. The van der Waals surface area contributed by atoms with Crippen LogP contribution < -0.4 is 5.32 Å². The highest BCUT2D eigenvalue weighted by Gasteiger charge is 2.21. The van der Waals surface area contributed by atoms with E-state index in [-0.39, 0.29) is 12.0 Å². The molecule has 0 aliphatic heterocycles. The first kappa shape index (κ1) is 18.0. The van der Waals surface area contributed by atoms with Gasteiger partial charge in [-0.25, -0.2) is 0 Å². The molecule has 1 unspecified atom stereocenters. The van der Waals surface area contributed by atoms with E-state index in [9.17, 15) is 5.11 Å². The van der Waals surface area contributed by atoms with Gasteiger partial charge < -0.3 is 15.3 Å². The number of unbranched alkanes of at least 4 members (excludes halogenated alkanes) is 1. The number of aliphatic hydroxyl groups is 1. The Hall–Kier alpha value is -1.03.